The molecular formula is C16H22ClNO3. The van der Waals surface area contributed by atoms with Gasteiger partial charge in [0.15, 0.2) is 0 Å². The summed E-state index contributed by atoms with van der Waals surface area (Å²) in [6, 6.07) is 6.94. The van der Waals surface area contributed by atoms with Crippen molar-refractivity contribution in [2.45, 2.75) is 31.3 Å². The van der Waals surface area contributed by atoms with E-state index in [1.54, 1.807) is 24.3 Å². The first kappa shape index (κ1) is 16.3. The van der Waals surface area contributed by atoms with Crippen molar-refractivity contribution in [3.05, 3.63) is 34.9 Å². The van der Waals surface area contributed by atoms with Crippen molar-refractivity contribution in [1.82, 2.24) is 4.90 Å². The molecular weight excluding hydrogens is 290 g/mol. The van der Waals surface area contributed by atoms with Crippen LogP contribution >= 0.6 is 11.6 Å². The number of carbonyl (C=O) groups excluding carboxylic acids is 1. The molecule has 1 aliphatic rings. The van der Waals surface area contributed by atoms with E-state index in [1.165, 1.54) is 0 Å². The van der Waals surface area contributed by atoms with Gasteiger partial charge in [-0.1, -0.05) is 23.7 Å². The molecule has 21 heavy (non-hydrogen) atoms. The number of carbonyl (C=O) groups is 1. The summed E-state index contributed by atoms with van der Waals surface area (Å²) in [4.78, 5) is 14.5. The normalized spacial score (nSPS) is 21.6. The predicted octanol–water partition coefficient (Wildman–Crippen LogP) is 2.44. The van der Waals surface area contributed by atoms with Gasteiger partial charge in [-0.2, -0.15) is 0 Å². The van der Waals surface area contributed by atoms with E-state index in [0.29, 0.717) is 5.02 Å². The van der Waals surface area contributed by atoms with Gasteiger partial charge in [0.1, 0.15) is 12.0 Å². The van der Waals surface area contributed by atoms with Gasteiger partial charge in [-0.25, -0.2) is 0 Å². The van der Waals surface area contributed by atoms with Crippen LogP contribution in [0.15, 0.2) is 24.3 Å². The minimum absolute atomic E-state index is 0.0520. The number of esters is 1. The molecule has 1 aromatic carbocycles. The topological polar surface area (TPSA) is 49.8 Å². The molecule has 1 saturated heterocycles. The molecule has 0 spiro atoms. The Morgan fingerprint density at radius 1 is 1.38 bits per heavy atom. The maximum absolute atomic E-state index is 12.3. The molecule has 1 N–H and O–H groups in total. The van der Waals surface area contributed by atoms with Gasteiger partial charge in [0, 0.05) is 11.6 Å². The molecule has 0 aliphatic carbocycles. The summed E-state index contributed by atoms with van der Waals surface area (Å²) in [5.74, 6) is -0.988. The molecule has 1 aromatic rings. The van der Waals surface area contributed by atoms with E-state index in [1.807, 2.05) is 0 Å². The Balaban J connectivity index is 1.98. The number of likely N-dealkylation sites (tertiary alicyclic amines) is 1. The van der Waals surface area contributed by atoms with Crippen LogP contribution in [-0.4, -0.2) is 48.8 Å². The van der Waals surface area contributed by atoms with E-state index in [2.05, 4.69) is 11.9 Å². The lowest BCUT2D eigenvalue weighted by Crippen LogP contribution is -2.26. The van der Waals surface area contributed by atoms with Gasteiger partial charge >= 0.3 is 5.97 Å². The number of aliphatic hydroxyl groups is 1. The summed E-state index contributed by atoms with van der Waals surface area (Å²) in [7, 11) is 2.08. The SMILES string of the molecule is CN1CCCC(OC(=O)[C@H](CO)c2ccc(Cl)cc2)CC1. The minimum Gasteiger partial charge on any atom is -0.462 e. The molecule has 0 aromatic heterocycles. The van der Waals surface area contributed by atoms with Crippen LogP contribution in [0.2, 0.25) is 5.02 Å². The fourth-order valence-electron chi connectivity index (χ4n) is 2.58. The van der Waals surface area contributed by atoms with Crippen LogP contribution in [0, 0.1) is 0 Å². The monoisotopic (exact) mass is 311 g/mol. The van der Waals surface area contributed by atoms with Crippen LogP contribution in [0.25, 0.3) is 0 Å². The zero-order valence-electron chi connectivity index (χ0n) is 12.3. The van der Waals surface area contributed by atoms with Crippen LogP contribution < -0.4 is 0 Å². The smallest absolute Gasteiger partial charge is 0.316 e. The first-order valence-corrected chi connectivity index (χ1v) is 7.73. The summed E-state index contributed by atoms with van der Waals surface area (Å²) >= 11 is 5.84. The quantitative estimate of drug-likeness (QED) is 0.868. The fraction of sp³-hybridized carbons (Fsp3) is 0.562. The second kappa shape index (κ2) is 7.78. The van der Waals surface area contributed by atoms with E-state index in [0.717, 1.165) is 37.9 Å². The van der Waals surface area contributed by atoms with E-state index < -0.39 is 5.92 Å². The Hall–Kier alpha value is -1.10. The third-order valence-electron chi connectivity index (χ3n) is 3.92. The van der Waals surface area contributed by atoms with Crippen LogP contribution in [0.1, 0.15) is 30.7 Å². The number of nitrogens with zero attached hydrogens (tertiary/aromatic N) is 1. The Bertz CT molecular complexity index is 463. The summed E-state index contributed by atoms with van der Waals surface area (Å²) < 4.78 is 5.60. The van der Waals surface area contributed by atoms with Crippen molar-refractivity contribution in [1.29, 1.82) is 0 Å². The Labute approximate surface area is 130 Å². The highest BCUT2D eigenvalue weighted by Gasteiger charge is 2.25. The number of ether oxygens (including phenoxy) is 1. The molecule has 2 rings (SSSR count). The highest BCUT2D eigenvalue weighted by atomic mass is 35.5. The standard InChI is InChI=1S/C16H22ClNO3/c1-18-9-2-3-14(8-10-18)21-16(20)15(11-19)12-4-6-13(17)7-5-12/h4-7,14-15,19H,2-3,8-11H2,1H3/t14?,15-/m1/s1. The van der Waals surface area contributed by atoms with Gasteiger partial charge in [0.2, 0.25) is 0 Å². The first-order valence-electron chi connectivity index (χ1n) is 7.35. The zero-order valence-corrected chi connectivity index (χ0v) is 13.1. The molecule has 0 bridgehead atoms. The first-order chi connectivity index (χ1) is 10.1. The van der Waals surface area contributed by atoms with Crippen LogP contribution in [0.3, 0.4) is 0 Å². The maximum atomic E-state index is 12.3. The largest absolute Gasteiger partial charge is 0.462 e. The highest BCUT2D eigenvalue weighted by Crippen LogP contribution is 2.22. The van der Waals surface area contributed by atoms with E-state index in [9.17, 15) is 9.90 Å². The number of benzene rings is 1. The molecule has 5 heteroatoms. The van der Waals surface area contributed by atoms with Crippen molar-refractivity contribution < 1.29 is 14.6 Å². The van der Waals surface area contributed by atoms with E-state index >= 15 is 0 Å². The van der Waals surface area contributed by atoms with Gasteiger partial charge in [-0.05, 0) is 50.6 Å². The maximum Gasteiger partial charge on any atom is 0.316 e. The number of hydrogen-bond acceptors (Lipinski definition) is 4. The van der Waals surface area contributed by atoms with Crippen molar-refractivity contribution in [3.63, 3.8) is 0 Å². The zero-order chi connectivity index (χ0) is 15.2. The molecule has 0 amide bonds. The van der Waals surface area contributed by atoms with Gasteiger partial charge in [-0.3, -0.25) is 4.79 Å². The molecule has 1 aliphatic heterocycles. The lowest BCUT2D eigenvalue weighted by atomic mass is 10.00. The Morgan fingerprint density at radius 2 is 2.10 bits per heavy atom. The molecule has 116 valence electrons. The third kappa shape index (κ3) is 4.70. The summed E-state index contributed by atoms with van der Waals surface area (Å²) in [5.41, 5.74) is 0.734. The van der Waals surface area contributed by atoms with Crippen molar-refractivity contribution >= 4 is 17.6 Å². The summed E-state index contributed by atoms with van der Waals surface area (Å²) in [5, 5.41) is 10.1. The molecule has 1 heterocycles. The highest BCUT2D eigenvalue weighted by molar-refractivity contribution is 6.30. The van der Waals surface area contributed by atoms with Gasteiger partial charge in [-0.15, -0.1) is 0 Å². The average molecular weight is 312 g/mol. The van der Waals surface area contributed by atoms with Crippen LogP contribution in [0.5, 0.6) is 0 Å². The second-order valence-electron chi connectivity index (χ2n) is 5.58. The van der Waals surface area contributed by atoms with Crippen molar-refractivity contribution in [2.75, 3.05) is 26.7 Å². The number of aliphatic hydroxyl groups excluding tert-OH is 1. The van der Waals surface area contributed by atoms with Gasteiger partial charge in [0.25, 0.3) is 0 Å². The predicted molar refractivity (Wildman–Crippen MR) is 82.5 cm³/mol. The van der Waals surface area contributed by atoms with E-state index in [-0.39, 0.29) is 18.7 Å². The molecule has 0 saturated carbocycles. The molecule has 1 unspecified atom stereocenters. The van der Waals surface area contributed by atoms with Crippen LogP contribution in [0.4, 0.5) is 0 Å². The molecule has 1 fully saturated rings. The third-order valence-corrected chi connectivity index (χ3v) is 4.17. The lowest BCUT2D eigenvalue weighted by molar-refractivity contribution is -0.152. The average Bonchev–Trinajstić information content (AvgIpc) is 2.67. The minimum atomic E-state index is -0.636. The number of rotatable bonds is 4. The van der Waals surface area contributed by atoms with Crippen molar-refractivity contribution in [2.24, 2.45) is 0 Å². The summed E-state index contributed by atoms with van der Waals surface area (Å²) in [6.07, 6.45) is 2.71. The number of halogens is 1. The van der Waals surface area contributed by atoms with Crippen molar-refractivity contribution in [3.8, 4) is 0 Å². The fourth-order valence-corrected chi connectivity index (χ4v) is 2.71. The second-order valence-corrected chi connectivity index (χ2v) is 6.02. The molecule has 2 atom stereocenters. The molecule has 4 nitrogen and oxygen atoms in total. The molecule has 0 radical (unpaired) electrons. The Morgan fingerprint density at radius 3 is 2.76 bits per heavy atom. The van der Waals surface area contributed by atoms with Gasteiger partial charge in [0.05, 0.1) is 6.61 Å². The lowest BCUT2D eigenvalue weighted by Gasteiger charge is -2.20. The van der Waals surface area contributed by atoms with E-state index in [4.69, 9.17) is 16.3 Å². The number of hydrogen-bond donors (Lipinski definition) is 1. The van der Waals surface area contributed by atoms with Crippen LogP contribution in [-0.2, 0) is 9.53 Å². The van der Waals surface area contributed by atoms with Gasteiger partial charge < -0.3 is 14.7 Å². The Kier molecular flexibility index (Phi) is 6.03. The summed E-state index contributed by atoms with van der Waals surface area (Å²) in [6.45, 7) is 1.71.